The second-order valence-corrected chi connectivity index (χ2v) is 6.06. The molecule has 1 heterocycles. The molecule has 3 aromatic rings. The van der Waals surface area contributed by atoms with Crippen LogP contribution < -0.4 is 4.90 Å². The number of hydrogen-bond acceptors (Lipinski definition) is 5. The fraction of sp³-hybridized carbons (Fsp3) is 0.158. The second-order valence-electron chi connectivity index (χ2n) is 5.21. The predicted molar refractivity (Wildman–Crippen MR) is 98.0 cm³/mol. The van der Waals surface area contributed by atoms with Crippen molar-refractivity contribution in [2.75, 3.05) is 18.6 Å². The molecule has 5 heteroatoms. The van der Waals surface area contributed by atoms with Crippen molar-refractivity contribution in [2.45, 2.75) is 6.92 Å². The zero-order valence-electron chi connectivity index (χ0n) is 13.6. The van der Waals surface area contributed by atoms with Crippen LogP contribution in [0, 0.1) is 0 Å². The zero-order valence-corrected chi connectivity index (χ0v) is 14.4. The minimum Gasteiger partial charge on any atom is -0.462 e. The maximum Gasteiger partial charge on any atom is 0.338 e. The van der Waals surface area contributed by atoms with Crippen molar-refractivity contribution < 1.29 is 9.53 Å². The number of ether oxygens (including phenoxy) is 1. The predicted octanol–water partition coefficient (Wildman–Crippen LogP) is 4.75. The van der Waals surface area contributed by atoms with E-state index >= 15 is 0 Å². The van der Waals surface area contributed by atoms with Crippen molar-refractivity contribution in [1.29, 1.82) is 0 Å². The first-order chi connectivity index (χ1) is 11.7. The molecule has 2 aromatic carbocycles. The fourth-order valence-corrected chi connectivity index (χ4v) is 3.17. The molecular formula is C19H18N2O2S. The summed E-state index contributed by atoms with van der Waals surface area (Å²) in [6.07, 6.45) is 0. The number of rotatable bonds is 5. The van der Waals surface area contributed by atoms with E-state index in [-0.39, 0.29) is 5.97 Å². The van der Waals surface area contributed by atoms with Crippen LogP contribution in [-0.2, 0) is 4.74 Å². The highest BCUT2D eigenvalue weighted by Gasteiger charge is 2.12. The number of anilines is 2. The van der Waals surface area contributed by atoms with E-state index in [9.17, 15) is 4.79 Å². The molecule has 0 spiro atoms. The average molecular weight is 338 g/mol. The van der Waals surface area contributed by atoms with Gasteiger partial charge in [0.15, 0.2) is 0 Å². The van der Waals surface area contributed by atoms with Crippen LogP contribution in [-0.4, -0.2) is 24.6 Å². The fourth-order valence-electron chi connectivity index (χ4n) is 2.32. The first-order valence-electron chi connectivity index (χ1n) is 7.71. The lowest BCUT2D eigenvalue weighted by Crippen LogP contribution is -2.11. The first kappa shape index (κ1) is 16.2. The van der Waals surface area contributed by atoms with Gasteiger partial charge in [0.2, 0.25) is 0 Å². The van der Waals surface area contributed by atoms with E-state index in [4.69, 9.17) is 9.72 Å². The molecule has 122 valence electrons. The van der Waals surface area contributed by atoms with Crippen LogP contribution in [0.2, 0.25) is 0 Å². The molecule has 0 aliphatic carbocycles. The molecule has 0 aliphatic rings. The van der Waals surface area contributed by atoms with E-state index in [1.165, 1.54) is 0 Å². The van der Waals surface area contributed by atoms with E-state index in [0.717, 1.165) is 22.1 Å². The molecule has 0 saturated carbocycles. The summed E-state index contributed by atoms with van der Waals surface area (Å²) >= 11 is 1.60. The normalized spacial score (nSPS) is 10.4. The Kier molecular flexibility index (Phi) is 4.91. The third-order valence-electron chi connectivity index (χ3n) is 3.60. The Labute approximate surface area is 145 Å². The molecule has 4 nitrogen and oxygen atoms in total. The smallest absolute Gasteiger partial charge is 0.338 e. The molecule has 24 heavy (non-hydrogen) atoms. The van der Waals surface area contributed by atoms with Crippen LogP contribution in [0.1, 0.15) is 17.3 Å². The summed E-state index contributed by atoms with van der Waals surface area (Å²) in [6, 6.07) is 17.5. The Morgan fingerprint density at radius 3 is 2.71 bits per heavy atom. The van der Waals surface area contributed by atoms with Gasteiger partial charge in [0.1, 0.15) is 10.8 Å². The van der Waals surface area contributed by atoms with Gasteiger partial charge < -0.3 is 9.64 Å². The average Bonchev–Trinajstić information content (AvgIpc) is 3.12. The lowest BCUT2D eigenvalue weighted by atomic mass is 10.2. The number of hydrogen-bond donors (Lipinski definition) is 0. The molecular weight excluding hydrogens is 320 g/mol. The van der Waals surface area contributed by atoms with Crippen molar-refractivity contribution in [3.8, 4) is 10.6 Å². The zero-order chi connectivity index (χ0) is 16.9. The topological polar surface area (TPSA) is 42.4 Å². The third kappa shape index (κ3) is 3.46. The molecule has 0 atom stereocenters. The van der Waals surface area contributed by atoms with E-state index in [1.54, 1.807) is 24.3 Å². The standard InChI is InChI=1S/C19H18N2O2S/c1-3-23-19(22)15-10-7-11-16(12-15)21(2)17-13-24-18(20-17)14-8-5-4-6-9-14/h4-13H,3H2,1-2H3. The maximum atomic E-state index is 11.9. The minimum atomic E-state index is -0.309. The largest absolute Gasteiger partial charge is 0.462 e. The van der Waals surface area contributed by atoms with E-state index in [2.05, 4.69) is 0 Å². The highest BCUT2D eigenvalue weighted by Crippen LogP contribution is 2.30. The van der Waals surface area contributed by atoms with Crippen LogP contribution in [0.15, 0.2) is 60.0 Å². The molecule has 0 fully saturated rings. The summed E-state index contributed by atoms with van der Waals surface area (Å²) in [5.41, 5.74) is 2.53. The van der Waals surface area contributed by atoms with E-state index in [0.29, 0.717) is 12.2 Å². The van der Waals surface area contributed by atoms with Crippen molar-refractivity contribution in [3.05, 3.63) is 65.5 Å². The maximum absolute atomic E-state index is 11.9. The highest BCUT2D eigenvalue weighted by molar-refractivity contribution is 7.13. The molecule has 3 rings (SSSR count). The van der Waals surface area contributed by atoms with Gasteiger partial charge in [-0.25, -0.2) is 9.78 Å². The molecule has 0 N–H and O–H groups in total. The van der Waals surface area contributed by atoms with Crippen molar-refractivity contribution >= 4 is 28.8 Å². The summed E-state index contributed by atoms with van der Waals surface area (Å²) in [4.78, 5) is 18.6. The lowest BCUT2D eigenvalue weighted by molar-refractivity contribution is 0.0526. The first-order valence-corrected chi connectivity index (χ1v) is 8.59. The molecule has 0 saturated heterocycles. The third-order valence-corrected chi connectivity index (χ3v) is 4.48. The van der Waals surface area contributed by atoms with Gasteiger partial charge in [0.05, 0.1) is 12.2 Å². The van der Waals surface area contributed by atoms with Crippen LogP contribution in [0.4, 0.5) is 11.5 Å². The van der Waals surface area contributed by atoms with Gasteiger partial charge in [-0.2, -0.15) is 0 Å². The molecule has 0 unspecified atom stereocenters. The molecule has 0 radical (unpaired) electrons. The van der Waals surface area contributed by atoms with Gasteiger partial charge >= 0.3 is 5.97 Å². The van der Waals surface area contributed by atoms with Gasteiger partial charge in [0, 0.05) is 23.7 Å². The lowest BCUT2D eigenvalue weighted by Gasteiger charge is -2.17. The number of benzene rings is 2. The monoisotopic (exact) mass is 338 g/mol. The molecule has 0 aliphatic heterocycles. The Morgan fingerprint density at radius 1 is 1.17 bits per heavy atom. The van der Waals surface area contributed by atoms with Crippen LogP contribution in [0.3, 0.4) is 0 Å². The van der Waals surface area contributed by atoms with E-state index < -0.39 is 0 Å². The Morgan fingerprint density at radius 2 is 1.96 bits per heavy atom. The molecule has 0 amide bonds. The number of carbonyl (C=O) groups excluding carboxylic acids is 1. The van der Waals surface area contributed by atoms with Gasteiger partial charge in [-0.05, 0) is 25.1 Å². The summed E-state index contributed by atoms with van der Waals surface area (Å²) in [7, 11) is 1.94. The Bertz CT molecular complexity index is 830. The van der Waals surface area contributed by atoms with Gasteiger partial charge in [0.25, 0.3) is 0 Å². The van der Waals surface area contributed by atoms with Gasteiger partial charge in [-0.15, -0.1) is 11.3 Å². The number of carbonyl (C=O) groups is 1. The molecule has 0 bridgehead atoms. The number of esters is 1. The van der Waals surface area contributed by atoms with Crippen LogP contribution in [0.5, 0.6) is 0 Å². The molecule has 1 aromatic heterocycles. The van der Waals surface area contributed by atoms with Gasteiger partial charge in [-0.3, -0.25) is 0 Å². The second kappa shape index (κ2) is 7.27. The number of thiazole rings is 1. The van der Waals surface area contributed by atoms with Crippen LogP contribution in [0.25, 0.3) is 10.6 Å². The SMILES string of the molecule is CCOC(=O)c1cccc(N(C)c2csc(-c3ccccc3)n2)c1. The Balaban J connectivity index is 1.85. The quantitative estimate of drug-likeness (QED) is 0.629. The summed E-state index contributed by atoms with van der Waals surface area (Å²) in [5, 5.41) is 2.98. The van der Waals surface area contributed by atoms with Crippen molar-refractivity contribution in [1.82, 2.24) is 4.98 Å². The van der Waals surface area contributed by atoms with Crippen molar-refractivity contribution in [2.24, 2.45) is 0 Å². The van der Waals surface area contributed by atoms with E-state index in [1.807, 2.05) is 65.9 Å². The summed E-state index contributed by atoms with van der Waals surface area (Å²) in [6.45, 7) is 2.17. The summed E-state index contributed by atoms with van der Waals surface area (Å²) in [5.74, 6) is 0.538. The highest BCUT2D eigenvalue weighted by atomic mass is 32.1. The number of nitrogens with zero attached hydrogens (tertiary/aromatic N) is 2. The van der Waals surface area contributed by atoms with Crippen molar-refractivity contribution in [3.63, 3.8) is 0 Å². The Hall–Kier alpha value is -2.66. The van der Waals surface area contributed by atoms with Gasteiger partial charge in [-0.1, -0.05) is 36.4 Å². The summed E-state index contributed by atoms with van der Waals surface area (Å²) < 4.78 is 5.06. The minimum absolute atomic E-state index is 0.309. The van der Waals surface area contributed by atoms with Crippen LogP contribution >= 0.6 is 11.3 Å². The number of aromatic nitrogens is 1.